The van der Waals surface area contributed by atoms with Crippen LogP contribution in [0.1, 0.15) is 32.0 Å². The molecule has 1 aromatic carbocycles. The molecule has 2 aromatic rings. The Labute approximate surface area is 123 Å². The van der Waals surface area contributed by atoms with Gasteiger partial charge in [-0.05, 0) is 24.1 Å². The number of rotatable bonds is 2. The van der Waals surface area contributed by atoms with Crippen LogP contribution < -0.4 is 11.5 Å². The highest BCUT2D eigenvalue weighted by molar-refractivity contribution is 6.31. The fraction of sp³-hybridized carbons (Fsp3) is 0. The van der Waals surface area contributed by atoms with Crippen LogP contribution in [-0.2, 0) is 0 Å². The van der Waals surface area contributed by atoms with Gasteiger partial charge >= 0.3 is 5.97 Å². The maximum atomic E-state index is 11.2. The number of aromatic nitrogens is 2. The normalized spacial score (nSPS) is 9.76. The van der Waals surface area contributed by atoms with Crippen molar-refractivity contribution in [1.82, 2.24) is 10.2 Å². The predicted octanol–water partition coefficient (Wildman–Crippen LogP) is 0.842. The number of nitrogen functional groups attached to an aromatic ring is 1. The first-order valence-electron chi connectivity index (χ1n) is 5.58. The van der Waals surface area contributed by atoms with Gasteiger partial charge in [0, 0.05) is 5.56 Å². The van der Waals surface area contributed by atoms with Crippen molar-refractivity contribution in [2.75, 3.05) is 5.73 Å². The third-order valence-electron chi connectivity index (χ3n) is 2.58. The number of anilines is 1. The predicted molar refractivity (Wildman–Crippen MR) is 75.9 cm³/mol. The Morgan fingerprint density at radius 2 is 2.05 bits per heavy atom. The molecule has 21 heavy (non-hydrogen) atoms. The van der Waals surface area contributed by atoms with Crippen LogP contribution in [0.15, 0.2) is 18.2 Å². The lowest BCUT2D eigenvalue weighted by Crippen LogP contribution is -2.13. The van der Waals surface area contributed by atoms with E-state index in [9.17, 15) is 9.59 Å². The lowest BCUT2D eigenvalue weighted by atomic mass is 10.1. The Balaban J connectivity index is 2.47. The van der Waals surface area contributed by atoms with Crippen molar-refractivity contribution in [1.29, 1.82) is 0 Å². The van der Waals surface area contributed by atoms with Gasteiger partial charge < -0.3 is 16.6 Å². The van der Waals surface area contributed by atoms with Gasteiger partial charge in [-0.2, -0.15) is 5.10 Å². The van der Waals surface area contributed by atoms with Gasteiger partial charge in [-0.1, -0.05) is 17.5 Å². The van der Waals surface area contributed by atoms with Crippen LogP contribution in [0.3, 0.4) is 0 Å². The third-order valence-corrected chi connectivity index (χ3v) is 2.91. The molecule has 106 valence electrons. The molecule has 1 aromatic heterocycles. The van der Waals surface area contributed by atoms with Crippen LogP contribution in [0.2, 0.25) is 5.02 Å². The van der Waals surface area contributed by atoms with Gasteiger partial charge in [-0.25, -0.2) is 4.79 Å². The molecule has 2 rings (SSSR count). The second kappa shape index (κ2) is 5.56. The number of benzene rings is 1. The number of aromatic carboxylic acids is 1. The summed E-state index contributed by atoms with van der Waals surface area (Å²) in [5, 5.41) is 15.3. The summed E-state index contributed by atoms with van der Waals surface area (Å²) in [7, 11) is 0. The number of amides is 1. The molecule has 0 saturated heterocycles. The highest BCUT2D eigenvalue weighted by Crippen LogP contribution is 2.17. The van der Waals surface area contributed by atoms with Gasteiger partial charge in [-0.15, -0.1) is 0 Å². The molecule has 0 radical (unpaired) electrons. The van der Waals surface area contributed by atoms with Crippen molar-refractivity contribution in [3.63, 3.8) is 0 Å². The second-order valence-electron chi connectivity index (χ2n) is 3.97. The number of hydrogen-bond donors (Lipinski definition) is 4. The lowest BCUT2D eigenvalue weighted by Gasteiger charge is -1.98. The lowest BCUT2D eigenvalue weighted by molar-refractivity contribution is 0.0696. The van der Waals surface area contributed by atoms with E-state index < -0.39 is 11.9 Å². The summed E-state index contributed by atoms with van der Waals surface area (Å²) in [6, 6.07) is 4.10. The summed E-state index contributed by atoms with van der Waals surface area (Å²) in [4.78, 5) is 22.1. The highest BCUT2D eigenvalue weighted by Gasteiger charge is 2.14. The Morgan fingerprint density at radius 3 is 2.67 bits per heavy atom. The second-order valence-corrected chi connectivity index (χ2v) is 4.38. The molecule has 0 spiro atoms. The van der Waals surface area contributed by atoms with Gasteiger partial charge in [0.15, 0.2) is 5.82 Å². The number of carbonyl (C=O) groups excluding carboxylic acids is 1. The molecule has 0 aliphatic heterocycles. The van der Waals surface area contributed by atoms with Crippen molar-refractivity contribution in [2.24, 2.45) is 5.73 Å². The van der Waals surface area contributed by atoms with E-state index >= 15 is 0 Å². The van der Waals surface area contributed by atoms with Crippen molar-refractivity contribution in [3.8, 4) is 11.8 Å². The van der Waals surface area contributed by atoms with Crippen LogP contribution >= 0.6 is 11.6 Å². The minimum absolute atomic E-state index is 0.0204. The molecule has 0 aliphatic carbocycles. The van der Waals surface area contributed by atoms with E-state index in [0.29, 0.717) is 5.56 Å². The smallest absolute Gasteiger partial charge is 0.335 e. The van der Waals surface area contributed by atoms with E-state index in [0.717, 1.165) is 0 Å². The first-order chi connectivity index (χ1) is 9.90. The summed E-state index contributed by atoms with van der Waals surface area (Å²) >= 11 is 5.94. The number of nitrogens with zero attached hydrogens (tertiary/aromatic N) is 1. The number of carbonyl (C=O) groups is 2. The Morgan fingerprint density at radius 1 is 1.33 bits per heavy atom. The largest absolute Gasteiger partial charge is 0.478 e. The third kappa shape index (κ3) is 2.96. The van der Waals surface area contributed by atoms with Gasteiger partial charge in [0.25, 0.3) is 5.91 Å². The average Bonchev–Trinajstić information content (AvgIpc) is 2.78. The van der Waals surface area contributed by atoms with Gasteiger partial charge in [0.1, 0.15) is 11.3 Å². The van der Waals surface area contributed by atoms with Crippen molar-refractivity contribution in [3.05, 3.63) is 45.6 Å². The minimum Gasteiger partial charge on any atom is -0.478 e. The molecule has 0 fully saturated rings. The number of hydrogen-bond acceptors (Lipinski definition) is 4. The molecule has 0 atom stereocenters. The highest BCUT2D eigenvalue weighted by atomic mass is 35.5. The molecule has 1 amide bonds. The molecular weight excluding hydrogens is 296 g/mol. The average molecular weight is 305 g/mol. The van der Waals surface area contributed by atoms with E-state index in [1.54, 1.807) is 0 Å². The SMILES string of the molecule is NC(=O)c1c(N)n[nH]c1C#Cc1cc(C(=O)O)ccc1Cl. The number of carboxylic acids is 1. The molecule has 6 N–H and O–H groups in total. The van der Waals surface area contributed by atoms with E-state index in [1.807, 2.05) is 0 Å². The Kier molecular flexibility index (Phi) is 3.82. The van der Waals surface area contributed by atoms with Crippen LogP contribution in [0.25, 0.3) is 0 Å². The number of nitrogens with two attached hydrogens (primary N) is 2. The maximum absolute atomic E-state index is 11.2. The van der Waals surface area contributed by atoms with Gasteiger partial charge in [0.05, 0.1) is 10.6 Å². The Hall–Kier alpha value is -2.98. The summed E-state index contributed by atoms with van der Waals surface area (Å²) < 4.78 is 0. The zero-order valence-corrected chi connectivity index (χ0v) is 11.2. The van der Waals surface area contributed by atoms with E-state index in [-0.39, 0.29) is 27.7 Å². The summed E-state index contributed by atoms with van der Waals surface area (Å²) in [5.41, 5.74) is 11.1. The van der Waals surface area contributed by atoms with E-state index in [1.165, 1.54) is 18.2 Å². The standard InChI is InChI=1S/C13H9ClN4O3/c14-8-3-1-7(13(20)21)5-6(8)2-4-9-10(12(16)19)11(15)18-17-9/h1,3,5H,(H2,16,19)(H,20,21)(H3,15,17,18). The van der Waals surface area contributed by atoms with Gasteiger partial charge in [0.2, 0.25) is 0 Å². The van der Waals surface area contributed by atoms with E-state index in [4.69, 9.17) is 28.2 Å². The zero-order chi connectivity index (χ0) is 15.6. The first kappa shape index (κ1) is 14.4. The fourth-order valence-electron chi connectivity index (χ4n) is 1.58. The number of aromatic amines is 1. The van der Waals surface area contributed by atoms with Crippen molar-refractivity contribution in [2.45, 2.75) is 0 Å². The van der Waals surface area contributed by atoms with Crippen LogP contribution in [-0.4, -0.2) is 27.2 Å². The number of carboxylic acid groups (broad SMARTS) is 1. The molecule has 0 saturated carbocycles. The minimum atomic E-state index is -1.10. The zero-order valence-electron chi connectivity index (χ0n) is 10.5. The quantitative estimate of drug-likeness (QED) is 0.610. The fourth-order valence-corrected chi connectivity index (χ4v) is 1.74. The maximum Gasteiger partial charge on any atom is 0.335 e. The summed E-state index contributed by atoms with van der Waals surface area (Å²) in [5.74, 6) is 3.34. The van der Waals surface area contributed by atoms with Crippen LogP contribution in [0, 0.1) is 11.8 Å². The summed E-state index contributed by atoms with van der Waals surface area (Å²) in [6.45, 7) is 0. The molecule has 0 bridgehead atoms. The Bertz CT molecular complexity index is 801. The first-order valence-corrected chi connectivity index (χ1v) is 5.96. The number of nitrogens with one attached hydrogen (secondary N) is 1. The monoisotopic (exact) mass is 304 g/mol. The number of halogens is 1. The van der Waals surface area contributed by atoms with Crippen molar-refractivity contribution >= 4 is 29.3 Å². The molecular formula is C13H9ClN4O3. The van der Waals surface area contributed by atoms with E-state index in [2.05, 4.69) is 22.0 Å². The molecule has 8 heteroatoms. The van der Waals surface area contributed by atoms with Crippen LogP contribution in [0.5, 0.6) is 0 Å². The molecule has 0 aliphatic rings. The topological polar surface area (TPSA) is 135 Å². The number of primary amides is 1. The van der Waals surface area contributed by atoms with Crippen LogP contribution in [0.4, 0.5) is 5.82 Å². The van der Waals surface area contributed by atoms with Gasteiger partial charge in [-0.3, -0.25) is 9.89 Å². The number of H-pyrrole nitrogens is 1. The molecule has 7 nitrogen and oxygen atoms in total. The molecule has 0 unspecified atom stereocenters. The van der Waals surface area contributed by atoms with Crippen molar-refractivity contribution < 1.29 is 14.7 Å². The summed E-state index contributed by atoms with van der Waals surface area (Å²) in [6.07, 6.45) is 0. The molecule has 1 heterocycles.